The fraction of sp³-hybridized carbons (Fsp3) is 0.316. The van der Waals surface area contributed by atoms with E-state index < -0.39 is 12.5 Å². The molecule has 1 N–H and O–H groups in total. The lowest BCUT2D eigenvalue weighted by Crippen LogP contribution is -2.44. The van der Waals surface area contributed by atoms with Crippen LogP contribution in [0.2, 0.25) is 0 Å². The Bertz CT molecular complexity index is 745. The summed E-state index contributed by atoms with van der Waals surface area (Å²) < 4.78 is 29.4. The molecule has 0 aliphatic carbocycles. The number of benzene rings is 2. The van der Waals surface area contributed by atoms with Crippen molar-refractivity contribution in [3.63, 3.8) is 0 Å². The van der Waals surface area contributed by atoms with Gasteiger partial charge in [-0.05, 0) is 43.4 Å². The summed E-state index contributed by atoms with van der Waals surface area (Å²) in [6, 6.07) is 13.4. The first-order valence-electron chi connectivity index (χ1n) is 8.41. The lowest BCUT2D eigenvalue weighted by Gasteiger charge is -2.34. The maximum atomic E-state index is 12.5. The molecule has 5 nitrogen and oxygen atoms in total. The lowest BCUT2D eigenvalue weighted by molar-refractivity contribution is -0.0501. The molecule has 1 saturated heterocycles. The van der Waals surface area contributed by atoms with E-state index in [4.69, 9.17) is 0 Å². The molecule has 138 valence electrons. The molecule has 2 aromatic rings. The van der Waals surface area contributed by atoms with Gasteiger partial charge in [0.2, 0.25) is 0 Å². The Labute approximate surface area is 151 Å². The topological polar surface area (TPSA) is 44.8 Å². The second-order valence-corrected chi connectivity index (χ2v) is 6.17. The lowest BCUT2D eigenvalue weighted by atomic mass is 10.1. The van der Waals surface area contributed by atoms with Gasteiger partial charge in [0, 0.05) is 37.6 Å². The van der Waals surface area contributed by atoms with Gasteiger partial charge in [-0.25, -0.2) is 0 Å². The number of carbonyl (C=O) groups is 1. The van der Waals surface area contributed by atoms with E-state index in [-0.39, 0.29) is 11.3 Å². The van der Waals surface area contributed by atoms with Crippen LogP contribution in [0.4, 0.5) is 20.2 Å². The molecule has 26 heavy (non-hydrogen) atoms. The van der Waals surface area contributed by atoms with Crippen LogP contribution in [0, 0.1) is 0 Å². The Balaban J connectivity index is 1.67. The quantitative estimate of drug-likeness (QED) is 0.888. The highest BCUT2D eigenvalue weighted by molar-refractivity contribution is 6.06. The second-order valence-electron chi connectivity index (χ2n) is 6.17. The third kappa shape index (κ3) is 4.49. The van der Waals surface area contributed by atoms with Crippen LogP contribution in [0.15, 0.2) is 48.5 Å². The number of likely N-dealkylation sites (N-methyl/N-ethyl adjacent to an activating group) is 1. The maximum Gasteiger partial charge on any atom is 0.387 e. The van der Waals surface area contributed by atoms with Crippen molar-refractivity contribution >= 4 is 17.3 Å². The van der Waals surface area contributed by atoms with Crippen molar-refractivity contribution in [2.24, 2.45) is 0 Å². The van der Waals surface area contributed by atoms with Crippen LogP contribution in [0.25, 0.3) is 0 Å². The van der Waals surface area contributed by atoms with Gasteiger partial charge < -0.3 is 19.9 Å². The third-order valence-electron chi connectivity index (χ3n) is 4.34. The summed E-state index contributed by atoms with van der Waals surface area (Å²) in [5.74, 6) is -0.636. The molecule has 1 amide bonds. The Hall–Kier alpha value is -2.67. The minimum Gasteiger partial charge on any atom is -0.434 e. The third-order valence-corrected chi connectivity index (χ3v) is 4.34. The molecule has 1 aliphatic heterocycles. The first-order valence-corrected chi connectivity index (χ1v) is 8.41. The molecule has 1 heterocycles. The average Bonchev–Trinajstić information content (AvgIpc) is 2.63. The Morgan fingerprint density at radius 3 is 2.35 bits per heavy atom. The van der Waals surface area contributed by atoms with Crippen molar-refractivity contribution in [2.75, 3.05) is 43.4 Å². The minimum atomic E-state index is -2.98. The average molecular weight is 361 g/mol. The molecule has 1 fully saturated rings. The molecule has 0 aromatic heterocycles. The smallest absolute Gasteiger partial charge is 0.387 e. The minimum absolute atomic E-state index is 0.0657. The van der Waals surface area contributed by atoms with Crippen LogP contribution in [-0.2, 0) is 0 Å². The Morgan fingerprint density at radius 2 is 1.69 bits per heavy atom. The summed E-state index contributed by atoms with van der Waals surface area (Å²) in [5, 5.41) is 2.72. The zero-order valence-corrected chi connectivity index (χ0v) is 14.5. The molecule has 0 saturated carbocycles. The number of rotatable bonds is 5. The van der Waals surface area contributed by atoms with E-state index >= 15 is 0 Å². The molecule has 0 bridgehead atoms. The van der Waals surface area contributed by atoms with Crippen LogP contribution in [0.1, 0.15) is 10.4 Å². The van der Waals surface area contributed by atoms with Crippen LogP contribution < -0.4 is 15.0 Å². The summed E-state index contributed by atoms with van der Waals surface area (Å²) in [4.78, 5) is 17.0. The molecule has 0 radical (unpaired) electrons. The summed E-state index contributed by atoms with van der Waals surface area (Å²) in [6.07, 6.45) is 0. The number of carbonyl (C=O) groups excluding carboxylic acids is 1. The predicted octanol–water partition coefficient (Wildman–Crippen LogP) is 3.29. The number of para-hydroxylation sites is 1. The highest BCUT2D eigenvalue weighted by Gasteiger charge is 2.16. The summed E-state index contributed by atoms with van der Waals surface area (Å²) >= 11 is 0. The normalized spacial score (nSPS) is 15.2. The fourth-order valence-corrected chi connectivity index (χ4v) is 2.87. The van der Waals surface area contributed by atoms with Gasteiger partial charge in [-0.1, -0.05) is 12.1 Å². The van der Waals surface area contributed by atoms with Crippen LogP contribution in [0.3, 0.4) is 0 Å². The highest BCUT2D eigenvalue weighted by atomic mass is 19.3. The molecule has 3 rings (SSSR count). The molecule has 2 aromatic carbocycles. The van der Waals surface area contributed by atoms with Gasteiger partial charge in [-0.3, -0.25) is 4.79 Å². The number of nitrogens with one attached hydrogen (secondary N) is 1. The number of hydrogen-bond acceptors (Lipinski definition) is 4. The number of anilines is 2. The van der Waals surface area contributed by atoms with Crippen molar-refractivity contribution in [2.45, 2.75) is 6.61 Å². The predicted molar refractivity (Wildman–Crippen MR) is 97.2 cm³/mol. The van der Waals surface area contributed by atoms with Crippen molar-refractivity contribution in [3.8, 4) is 5.75 Å². The van der Waals surface area contributed by atoms with Crippen molar-refractivity contribution < 1.29 is 18.3 Å². The summed E-state index contributed by atoms with van der Waals surface area (Å²) in [6.45, 7) is 0.965. The maximum absolute atomic E-state index is 12.5. The zero-order chi connectivity index (χ0) is 18.5. The van der Waals surface area contributed by atoms with Gasteiger partial charge in [0.25, 0.3) is 5.91 Å². The number of hydrogen-bond donors (Lipinski definition) is 1. The summed E-state index contributed by atoms with van der Waals surface area (Å²) in [5.41, 5.74) is 1.76. The van der Waals surface area contributed by atoms with E-state index in [0.29, 0.717) is 5.69 Å². The number of nitrogens with zero attached hydrogens (tertiary/aromatic N) is 2. The van der Waals surface area contributed by atoms with Gasteiger partial charge in [0.1, 0.15) is 5.75 Å². The fourth-order valence-electron chi connectivity index (χ4n) is 2.87. The zero-order valence-electron chi connectivity index (χ0n) is 14.5. The van der Waals surface area contributed by atoms with E-state index in [9.17, 15) is 13.6 Å². The van der Waals surface area contributed by atoms with Gasteiger partial charge >= 0.3 is 6.61 Å². The Morgan fingerprint density at radius 1 is 1.04 bits per heavy atom. The van der Waals surface area contributed by atoms with E-state index in [1.165, 1.54) is 12.1 Å². The summed E-state index contributed by atoms with van der Waals surface area (Å²) in [7, 11) is 2.10. The monoisotopic (exact) mass is 361 g/mol. The van der Waals surface area contributed by atoms with Crippen LogP contribution in [-0.4, -0.2) is 50.6 Å². The first kappa shape index (κ1) is 18.1. The molecular formula is C19H21F2N3O2. The molecule has 0 unspecified atom stereocenters. The largest absolute Gasteiger partial charge is 0.434 e. The molecule has 0 atom stereocenters. The molecule has 7 heteroatoms. The second kappa shape index (κ2) is 8.14. The Kier molecular flexibility index (Phi) is 5.68. The van der Waals surface area contributed by atoms with E-state index in [0.717, 1.165) is 31.9 Å². The van der Waals surface area contributed by atoms with E-state index in [1.54, 1.807) is 12.1 Å². The highest BCUT2D eigenvalue weighted by Crippen LogP contribution is 2.23. The van der Waals surface area contributed by atoms with Gasteiger partial charge in [-0.2, -0.15) is 8.78 Å². The van der Waals surface area contributed by atoms with Crippen LogP contribution >= 0.6 is 0 Å². The SMILES string of the molecule is CN1CCN(c2ccc(NC(=O)c3ccccc3OC(F)F)cc2)CC1. The van der Waals surface area contributed by atoms with Crippen molar-refractivity contribution in [3.05, 3.63) is 54.1 Å². The van der Waals surface area contributed by atoms with E-state index in [1.807, 2.05) is 24.3 Å². The number of halogens is 2. The van der Waals surface area contributed by atoms with E-state index in [2.05, 4.69) is 26.9 Å². The number of alkyl halides is 2. The van der Waals surface area contributed by atoms with Crippen LogP contribution in [0.5, 0.6) is 5.75 Å². The van der Waals surface area contributed by atoms with Crippen molar-refractivity contribution in [1.82, 2.24) is 4.90 Å². The van der Waals surface area contributed by atoms with Crippen molar-refractivity contribution in [1.29, 1.82) is 0 Å². The number of piperazine rings is 1. The molecular weight excluding hydrogens is 340 g/mol. The molecule has 1 aliphatic rings. The van der Waals surface area contributed by atoms with Gasteiger partial charge in [0.05, 0.1) is 5.56 Å². The van der Waals surface area contributed by atoms with Gasteiger partial charge in [-0.15, -0.1) is 0 Å². The number of ether oxygens (including phenoxy) is 1. The molecule has 0 spiro atoms. The number of amides is 1. The standard InChI is InChI=1S/C19H21F2N3O2/c1-23-10-12-24(13-11-23)15-8-6-14(7-9-15)22-18(25)16-4-2-3-5-17(16)26-19(20)21/h2-9,19H,10-13H2,1H3,(H,22,25). The first-order chi connectivity index (χ1) is 12.5. The van der Waals surface area contributed by atoms with Gasteiger partial charge in [0.15, 0.2) is 0 Å².